The van der Waals surface area contributed by atoms with Crippen molar-refractivity contribution in [1.82, 2.24) is 9.97 Å². The summed E-state index contributed by atoms with van der Waals surface area (Å²) in [5.74, 6) is 0.949. The molecule has 1 aromatic heterocycles. The molecule has 2 aliphatic rings. The summed E-state index contributed by atoms with van der Waals surface area (Å²) in [5.41, 5.74) is 0.947. The first kappa shape index (κ1) is 11.2. The number of halogens is 1. The van der Waals surface area contributed by atoms with Crippen LogP contribution in [-0.4, -0.2) is 33.3 Å². The summed E-state index contributed by atoms with van der Waals surface area (Å²) >= 11 is 6.05. The van der Waals surface area contributed by atoms with Gasteiger partial charge in [0.2, 0.25) is 0 Å². The lowest BCUT2D eigenvalue weighted by atomic mass is 9.99. The molecule has 0 spiro atoms. The monoisotopic (exact) mass is 253 g/mol. The predicted molar refractivity (Wildman–Crippen MR) is 66.3 cm³/mol. The Balaban J connectivity index is 1.97. The summed E-state index contributed by atoms with van der Waals surface area (Å²) in [6.45, 7) is 1.96. The highest BCUT2D eigenvalue weighted by Gasteiger charge is 2.41. The van der Waals surface area contributed by atoms with Gasteiger partial charge < -0.3 is 10.0 Å². The maximum Gasteiger partial charge on any atom is 0.137 e. The molecule has 5 heteroatoms. The summed E-state index contributed by atoms with van der Waals surface area (Å²) in [7, 11) is 0. The maximum absolute atomic E-state index is 9.79. The average molecular weight is 254 g/mol. The van der Waals surface area contributed by atoms with Crippen molar-refractivity contribution in [1.29, 1.82) is 0 Å². The summed E-state index contributed by atoms with van der Waals surface area (Å²) < 4.78 is 0. The van der Waals surface area contributed by atoms with Crippen molar-refractivity contribution >= 4 is 17.4 Å². The fourth-order valence-electron chi connectivity index (χ4n) is 3.17. The Labute approximate surface area is 106 Å². The van der Waals surface area contributed by atoms with Gasteiger partial charge in [0.25, 0.3) is 0 Å². The van der Waals surface area contributed by atoms with Gasteiger partial charge in [-0.15, -0.1) is 0 Å². The summed E-state index contributed by atoms with van der Waals surface area (Å²) in [4.78, 5) is 10.7. The minimum atomic E-state index is -0.152. The van der Waals surface area contributed by atoms with E-state index in [4.69, 9.17) is 11.6 Å². The topological polar surface area (TPSA) is 49.2 Å². The van der Waals surface area contributed by atoms with Crippen LogP contribution in [-0.2, 0) is 0 Å². The second kappa shape index (κ2) is 4.10. The zero-order chi connectivity index (χ0) is 12.0. The van der Waals surface area contributed by atoms with Crippen LogP contribution in [0.2, 0.25) is 5.15 Å². The van der Waals surface area contributed by atoms with Gasteiger partial charge in [0.1, 0.15) is 17.3 Å². The largest absolute Gasteiger partial charge is 0.393 e. The summed E-state index contributed by atoms with van der Waals surface area (Å²) in [6, 6.07) is 0.821. The van der Waals surface area contributed by atoms with Crippen LogP contribution in [0.15, 0.2) is 6.33 Å². The lowest BCUT2D eigenvalue weighted by Crippen LogP contribution is -2.45. The number of anilines is 1. The van der Waals surface area contributed by atoms with Crippen LogP contribution in [0.25, 0.3) is 0 Å². The van der Waals surface area contributed by atoms with E-state index in [2.05, 4.69) is 14.9 Å². The molecule has 3 heterocycles. The molecule has 2 saturated heterocycles. The van der Waals surface area contributed by atoms with E-state index >= 15 is 0 Å². The highest BCUT2D eigenvalue weighted by Crippen LogP contribution is 2.40. The molecular weight excluding hydrogens is 238 g/mol. The van der Waals surface area contributed by atoms with Crippen LogP contribution in [0.1, 0.15) is 31.2 Å². The van der Waals surface area contributed by atoms with E-state index in [0.29, 0.717) is 17.2 Å². The number of hydrogen-bond donors (Lipinski definition) is 1. The van der Waals surface area contributed by atoms with Crippen LogP contribution in [0.5, 0.6) is 0 Å². The Bertz CT molecular complexity index is 426. The molecule has 0 aromatic carbocycles. The van der Waals surface area contributed by atoms with E-state index < -0.39 is 0 Å². The molecule has 0 amide bonds. The minimum absolute atomic E-state index is 0.152. The smallest absolute Gasteiger partial charge is 0.137 e. The van der Waals surface area contributed by atoms with Crippen molar-refractivity contribution in [3.05, 3.63) is 17.0 Å². The molecule has 2 atom stereocenters. The molecule has 4 nitrogen and oxygen atoms in total. The van der Waals surface area contributed by atoms with Crippen molar-refractivity contribution in [3.8, 4) is 0 Å². The minimum Gasteiger partial charge on any atom is -0.393 e. The number of fused-ring (bicyclic) bond motifs is 2. The lowest BCUT2D eigenvalue weighted by Gasteiger charge is -2.38. The average Bonchev–Trinajstić information content (AvgIpc) is 2.55. The molecular formula is C12H16ClN3O. The molecule has 3 rings (SSSR count). The molecule has 1 aromatic rings. The van der Waals surface area contributed by atoms with Crippen LogP contribution in [0.3, 0.4) is 0 Å². The quantitative estimate of drug-likeness (QED) is 0.777. The van der Waals surface area contributed by atoms with E-state index in [1.807, 2.05) is 6.92 Å². The molecule has 0 saturated carbocycles. The van der Waals surface area contributed by atoms with Gasteiger partial charge in [0, 0.05) is 17.6 Å². The second-order valence-corrected chi connectivity index (χ2v) is 5.39. The van der Waals surface area contributed by atoms with E-state index in [-0.39, 0.29) is 6.10 Å². The lowest BCUT2D eigenvalue weighted by molar-refractivity contribution is 0.126. The summed E-state index contributed by atoms with van der Waals surface area (Å²) in [5, 5.41) is 10.3. The fourth-order valence-corrected chi connectivity index (χ4v) is 3.30. The number of piperidine rings is 1. The zero-order valence-electron chi connectivity index (χ0n) is 9.80. The highest BCUT2D eigenvalue weighted by molar-refractivity contribution is 6.30. The molecule has 0 aliphatic carbocycles. The van der Waals surface area contributed by atoms with Crippen molar-refractivity contribution < 1.29 is 5.11 Å². The van der Waals surface area contributed by atoms with Gasteiger partial charge in [-0.1, -0.05) is 11.6 Å². The molecule has 2 bridgehead atoms. The number of nitrogens with zero attached hydrogens (tertiary/aromatic N) is 3. The van der Waals surface area contributed by atoms with Crippen LogP contribution in [0, 0.1) is 6.92 Å². The maximum atomic E-state index is 9.79. The Morgan fingerprint density at radius 3 is 2.59 bits per heavy atom. The van der Waals surface area contributed by atoms with Crippen molar-refractivity contribution in [2.45, 2.75) is 50.8 Å². The number of rotatable bonds is 1. The van der Waals surface area contributed by atoms with Crippen molar-refractivity contribution in [2.24, 2.45) is 0 Å². The number of aromatic nitrogens is 2. The zero-order valence-corrected chi connectivity index (χ0v) is 10.6. The Morgan fingerprint density at radius 2 is 1.94 bits per heavy atom. The highest BCUT2D eigenvalue weighted by atomic mass is 35.5. The third-order valence-electron chi connectivity index (χ3n) is 3.95. The van der Waals surface area contributed by atoms with E-state index in [1.165, 1.54) is 6.33 Å². The summed E-state index contributed by atoms with van der Waals surface area (Å²) in [6.07, 6.45) is 5.34. The molecule has 0 radical (unpaired) electrons. The Hall–Kier alpha value is -0.870. The van der Waals surface area contributed by atoms with Gasteiger partial charge in [0.15, 0.2) is 0 Å². The number of hydrogen-bond acceptors (Lipinski definition) is 4. The van der Waals surface area contributed by atoms with Gasteiger partial charge in [-0.2, -0.15) is 0 Å². The van der Waals surface area contributed by atoms with Gasteiger partial charge in [-0.05, 0) is 32.6 Å². The standard InChI is InChI=1S/C12H16ClN3O/c1-7-11(13)14-6-15-12(7)16-8-2-3-9(16)5-10(17)4-8/h6,8-10,17H,2-5H2,1H3. The fraction of sp³-hybridized carbons (Fsp3) is 0.667. The molecule has 17 heavy (non-hydrogen) atoms. The predicted octanol–water partition coefficient (Wildman–Crippen LogP) is 1.93. The Kier molecular flexibility index (Phi) is 2.71. The molecule has 2 unspecified atom stereocenters. The first-order valence-corrected chi connectivity index (χ1v) is 6.48. The van der Waals surface area contributed by atoms with E-state index in [0.717, 1.165) is 37.1 Å². The van der Waals surface area contributed by atoms with Crippen molar-refractivity contribution in [2.75, 3.05) is 4.90 Å². The molecule has 1 N–H and O–H groups in total. The second-order valence-electron chi connectivity index (χ2n) is 5.03. The SMILES string of the molecule is Cc1c(Cl)ncnc1N1C2CCC1CC(O)C2. The van der Waals surface area contributed by atoms with Crippen molar-refractivity contribution in [3.63, 3.8) is 0 Å². The molecule has 92 valence electrons. The van der Waals surface area contributed by atoms with Crippen LogP contribution < -0.4 is 4.90 Å². The first-order valence-electron chi connectivity index (χ1n) is 6.10. The number of aliphatic hydroxyl groups excluding tert-OH is 1. The molecule has 2 fully saturated rings. The van der Waals surface area contributed by atoms with Gasteiger partial charge in [0.05, 0.1) is 6.10 Å². The van der Waals surface area contributed by atoms with Gasteiger partial charge in [-0.25, -0.2) is 9.97 Å². The van der Waals surface area contributed by atoms with Crippen LogP contribution in [0.4, 0.5) is 5.82 Å². The normalized spacial score (nSPS) is 31.9. The van der Waals surface area contributed by atoms with Gasteiger partial charge in [-0.3, -0.25) is 0 Å². The van der Waals surface area contributed by atoms with E-state index in [1.54, 1.807) is 0 Å². The third-order valence-corrected chi connectivity index (χ3v) is 4.33. The first-order chi connectivity index (χ1) is 8.16. The molecule has 2 aliphatic heterocycles. The third kappa shape index (κ3) is 1.79. The van der Waals surface area contributed by atoms with E-state index in [9.17, 15) is 5.11 Å². The number of aliphatic hydroxyl groups is 1. The van der Waals surface area contributed by atoms with Gasteiger partial charge >= 0.3 is 0 Å². The Morgan fingerprint density at radius 1 is 1.29 bits per heavy atom. The van der Waals surface area contributed by atoms with Crippen LogP contribution >= 0.6 is 11.6 Å².